The van der Waals surface area contributed by atoms with E-state index in [4.69, 9.17) is 25.8 Å². The quantitative estimate of drug-likeness (QED) is 0.747. The Balaban J connectivity index is 1.97. The van der Waals surface area contributed by atoms with Gasteiger partial charge in [0.15, 0.2) is 11.5 Å². The van der Waals surface area contributed by atoms with Gasteiger partial charge in [-0.15, -0.1) is 0 Å². The first kappa shape index (κ1) is 17.4. The first-order valence-electron chi connectivity index (χ1n) is 7.42. The Morgan fingerprint density at radius 1 is 0.913 bits per heavy atom. The molecule has 0 aromatic heterocycles. The molecule has 2 aromatic carbocycles. The normalized spacial score (nSPS) is 10.4. The summed E-state index contributed by atoms with van der Waals surface area (Å²) < 4.78 is 16.1. The SMILES string of the molecule is COc1cc(OC)c(OC)cc1CNCCc1cccc(Cl)c1. The number of benzene rings is 2. The average Bonchev–Trinajstić information content (AvgIpc) is 2.58. The molecule has 0 atom stereocenters. The average molecular weight is 336 g/mol. The highest BCUT2D eigenvalue weighted by molar-refractivity contribution is 6.30. The molecule has 2 aromatic rings. The van der Waals surface area contributed by atoms with E-state index in [1.54, 1.807) is 21.3 Å². The van der Waals surface area contributed by atoms with E-state index in [-0.39, 0.29) is 0 Å². The van der Waals surface area contributed by atoms with Crippen LogP contribution >= 0.6 is 11.6 Å². The minimum absolute atomic E-state index is 0.659. The molecule has 4 nitrogen and oxygen atoms in total. The fourth-order valence-corrected chi connectivity index (χ4v) is 2.59. The lowest BCUT2D eigenvalue weighted by molar-refractivity contribution is 0.347. The molecule has 0 aliphatic heterocycles. The fraction of sp³-hybridized carbons (Fsp3) is 0.333. The molecule has 2 rings (SSSR count). The Morgan fingerprint density at radius 3 is 2.26 bits per heavy atom. The standard InChI is InChI=1S/C18H22ClNO3/c1-21-16-11-18(23-3)17(22-2)10-14(16)12-20-8-7-13-5-4-6-15(19)9-13/h4-6,9-11,20H,7-8,12H2,1-3H3. The summed E-state index contributed by atoms with van der Waals surface area (Å²) in [6.45, 7) is 1.53. The summed E-state index contributed by atoms with van der Waals surface area (Å²) in [5, 5.41) is 4.18. The number of halogens is 1. The van der Waals surface area contributed by atoms with Gasteiger partial charge in [0.1, 0.15) is 5.75 Å². The van der Waals surface area contributed by atoms with Crippen molar-refractivity contribution in [1.29, 1.82) is 0 Å². The van der Waals surface area contributed by atoms with E-state index in [0.29, 0.717) is 18.0 Å². The summed E-state index contributed by atoms with van der Waals surface area (Å²) in [6, 6.07) is 11.7. The number of hydrogen-bond acceptors (Lipinski definition) is 4. The summed E-state index contributed by atoms with van der Waals surface area (Å²) in [7, 11) is 4.89. The van der Waals surface area contributed by atoms with Gasteiger partial charge in [-0.05, 0) is 36.7 Å². The lowest BCUT2D eigenvalue weighted by atomic mass is 10.1. The highest BCUT2D eigenvalue weighted by Gasteiger charge is 2.11. The molecular formula is C18H22ClNO3. The minimum Gasteiger partial charge on any atom is -0.496 e. The third-order valence-corrected chi connectivity index (χ3v) is 3.82. The second-order valence-corrected chi connectivity index (χ2v) is 5.51. The van der Waals surface area contributed by atoms with Gasteiger partial charge in [0.05, 0.1) is 21.3 Å². The summed E-state index contributed by atoms with van der Waals surface area (Å²) in [4.78, 5) is 0. The van der Waals surface area contributed by atoms with Gasteiger partial charge < -0.3 is 19.5 Å². The lowest BCUT2D eigenvalue weighted by Gasteiger charge is -2.14. The zero-order valence-electron chi connectivity index (χ0n) is 13.7. The highest BCUT2D eigenvalue weighted by Crippen LogP contribution is 2.34. The number of hydrogen-bond donors (Lipinski definition) is 1. The number of ether oxygens (including phenoxy) is 3. The first-order valence-corrected chi connectivity index (χ1v) is 7.79. The molecule has 5 heteroatoms. The Kier molecular flexibility index (Phi) is 6.56. The Bertz CT molecular complexity index is 646. The molecule has 0 aliphatic carbocycles. The van der Waals surface area contributed by atoms with E-state index in [2.05, 4.69) is 11.4 Å². The summed E-state index contributed by atoms with van der Waals surface area (Å²) in [5.74, 6) is 2.13. The number of methoxy groups -OCH3 is 3. The Hall–Kier alpha value is -1.91. The highest BCUT2D eigenvalue weighted by atomic mass is 35.5. The van der Waals surface area contributed by atoms with Gasteiger partial charge in [0, 0.05) is 23.2 Å². The monoisotopic (exact) mass is 335 g/mol. The largest absolute Gasteiger partial charge is 0.496 e. The molecule has 0 unspecified atom stereocenters. The molecule has 0 radical (unpaired) electrons. The second-order valence-electron chi connectivity index (χ2n) is 5.08. The molecule has 1 N–H and O–H groups in total. The van der Waals surface area contributed by atoms with Crippen molar-refractivity contribution in [2.75, 3.05) is 27.9 Å². The lowest BCUT2D eigenvalue weighted by Crippen LogP contribution is -2.17. The van der Waals surface area contributed by atoms with E-state index in [1.807, 2.05) is 30.3 Å². The molecule has 124 valence electrons. The van der Waals surface area contributed by atoms with Gasteiger partial charge in [0.2, 0.25) is 0 Å². The number of rotatable bonds is 8. The van der Waals surface area contributed by atoms with Crippen molar-refractivity contribution in [3.05, 3.63) is 52.5 Å². The maximum atomic E-state index is 5.99. The van der Waals surface area contributed by atoms with Crippen molar-refractivity contribution in [2.24, 2.45) is 0 Å². The molecule has 0 spiro atoms. The van der Waals surface area contributed by atoms with Gasteiger partial charge in [-0.2, -0.15) is 0 Å². The van der Waals surface area contributed by atoms with Crippen molar-refractivity contribution in [3.8, 4) is 17.2 Å². The van der Waals surface area contributed by atoms with E-state index < -0.39 is 0 Å². The third-order valence-electron chi connectivity index (χ3n) is 3.58. The Morgan fingerprint density at radius 2 is 1.61 bits per heavy atom. The number of nitrogens with one attached hydrogen (secondary N) is 1. The summed E-state index contributed by atoms with van der Waals surface area (Å²) in [5.41, 5.74) is 2.24. The van der Waals surface area contributed by atoms with Crippen LogP contribution < -0.4 is 19.5 Å². The van der Waals surface area contributed by atoms with Crippen molar-refractivity contribution in [3.63, 3.8) is 0 Å². The van der Waals surface area contributed by atoms with Crippen molar-refractivity contribution < 1.29 is 14.2 Å². The van der Waals surface area contributed by atoms with Crippen molar-refractivity contribution in [2.45, 2.75) is 13.0 Å². The van der Waals surface area contributed by atoms with E-state index in [9.17, 15) is 0 Å². The molecule has 0 heterocycles. The molecule has 0 aliphatic rings. The van der Waals surface area contributed by atoms with E-state index >= 15 is 0 Å². The van der Waals surface area contributed by atoms with Crippen LogP contribution in [0.2, 0.25) is 5.02 Å². The molecule has 0 saturated heterocycles. The van der Waals surface area contributed by atoms with Gasteiger partial charge in [-0.1, -0.05) is 23.7 Å². The summed E-state index contributed by atoms with van der Waals surface area (Å²) >= 11 is 5.99. The predicted octanol–water partition coefficient (Wildman–Crippen LogP) is 3.70. The van der Waals surface area contributed by atoms with Crippen LogP contribution in [0.15, 0.2) is 36.4 Å². The first-order chi connectivity index (χ1) is 11.2. The second kappa shape index (κ2) is 8.65. The van der Waals surface area contributed by atoms with Crippen LogP contribution in [0.3, 0.4) is 0 Å². The zero-order valence-corrected chi connectivity index (χ0v) is 14.4. The van der Waals surface area contributed by atoms with Crippen LogP contribution in [0.1, 0.15) is 11.1 Å². The van der Waals surface area contributed by atoms with Gasteiger partial charge >= 0.3 is 0 Å². The maximum absolute atomic E-state index is 5.99. The van der Waals surface area contributed by atoms with Gasteiger partial charge in [-0.3, -0.25) is 0 Å². The molecule has 0 saturated carbocycles. The molecular weight excluding hydrogens is 314 g/mol. The van der Waals surface area contributed by atoms with Crippen LogP contribution in [0.5, 0.6) is 17.2 Å². The zero-order chi connectivity index (χ0) is 16.7. The minimum atomic E-state index is 0.659. The van der Waals surface area contributed by atoms with Crippen LogP contribution in [0.4, 0.5) is 0 Å². The van der Waals surface area contributed by atoms with Crippen molar-refractivity contribution >= 4 is 11.6 Å². The predicted molar refractivity (Wildman–Crippen MR) is 93.0 cm³/mol. The van der Waals surface area contributed by atoms with E-state index in [0.717, 1.165) is 29.3 Å². The van der Waals surface area contributed by atoms with Crippen molar-refractivity contribution in [1.82, 2.24) is 5.32 Å². The van der Waals surface area contributed by atoms with Gasteiger partial charge in [-0.25, -0.2) is 0 Å². The topological polar surface area (TPSA) is 39.7 Å². The molecule has 0 amide bonds. The van der Waals surface area contributed by atoms with Crippen LogP contribution in [0, 0.1) is 0 Å². The smallest absolute Gasteiger partial charge is 0.164 e. The van der Waals surface area contributed by atoms with Crippen LogP contribution in [0.25, 0.3) is 0 Å². The maximum Gasteiger partial charge on any atom is 0.164 e. The molecule has 23 heavy (non-hydrogen) atoms. The third kappa shape index (κ3) is 4.78. The van der Waals surface area contributed by atoms with Crippen LogP contribution in [-0.2, 0) is 13.0 Å². The molecule has 0 bridgehead atoms. The van der Waals surface area contributed by atoms with E-state index in [1.165, 1.54) is 5.56 Å². The summed E-state index contributed by atoms with van der Waals surface area (Å²) in [6.07, 6.45) is 0.913. The fourth-order valence-electron chi connectivity index (χ4n) is 2.38. The Labute approximate surface area is 142 Å². The van der Waals surface area contributed by atoms with Crippen LogP contribution in [-0.4, -0.2) is 27.9 Å². The van der Waals surface area contributed by atoms with Gasteiger partial charge in [0.25, 0.3) is 0 Å². The molecule has 0 fully saturated rings.